The Morgan fingerprint density at radius 2 is 2.00 bits per heavy atom. The predicted molar refractivity (Wildman–Crippen MR) is 69.1 cm³/mol. The van der Waals surface area contributed by atoms with Gasteiger partial charge in [-0.15, -0.1) is 0 Å². The second-order valence-corrected chi connectivity index (χ2v) is 5.40. The van der Waals surface area contributed by atoms with Crippen molar-refractivity contribution in [3.05, 3.63) is 35.1 Å². The molecule has 1 aromatic carbocycles. The van der Waals surface area contributed by atoms with Gasteiger partial charge in [0.25, 0.3) is 0 Å². The van der Waals surface area contributed by atoms with E-state index in [1.807, 2.05) is 6.92 Å². The van der Waals surface area contributed by atoms with Crippen LogP contribution in [0.15, 0.2) is 18.2 Å². The lowest BCUT2D eigenvalue weighted by molar-refractivity contribution is -0.140. The van der Waals surface area contributed by atoms with Crippen LogP contribution >= 0.6 is 0 Å². The number of hydrogen-bond donors (Lipinski definition) is 1. The summed E-state index contributed by atoms with van der Waals surface area (Å²) in [6.45, 7) is 2.55. The molecule has 2 nitrogen and oxygen atoms in total. The average molecular weight is 306 g/mol. The number of aliphatic hydroxyl groups excluding tert-OH is 1. The fraction of sp³-hybridized carbons (Fsp3) is 0.600. The largest absolute Gasteiger partial charge is 0.419 e. The third-order valence-electron chi connectivity index (χ3n) is 3.83. The van der Waals surface area contributed by atoms with Crippen LogP contribution in [0, 0.1) is 11.7 Å². The van der Waals surface area contributed by atoms with E-state index in [2.05, 4.69) is 0 Å². The maximum Gasteiger partial charge on any atom is 0.419 e. The molecule has 1 unspecified atom stereocenters. The molecule has 1 aliphatic rings. The molecular weight excluding hydrogens is 288 g/mol. The summed E-state index contributed by atoms with van der Waals surface area (Å²) >= 11 is 0. The summed E-state index contributed by atoms with van der Waals surface area (Å²) in [5.41, 5.74) is -1.13. The molecule has 1 saturated carbocycles. The lowest BCUT2D eigenvalue weighted by Gasteiger charge is -2.36. The zero-order valence-corrected chi connectivity index (χ0v) is 11.7. The van der Waals surface area contributed by atoms with E-state index in [0.717, 1.165) is 25.0 Å². The molecule has 1 fully saturated rings. The molecule has 1 atom stereocenters. The van der Waals surface area contributed by atoms with Crippen LogP contribution in [0.2, 0.25) is 0 Å². The molecule has 1 aromatic rings. The maximum absolute atomic E-state index is 13.5. The maximum atomic E-state index is 13.5. The summed E-state index contributed by atoms with van der Waals surface area (Å²) in [7, 11) is 0. The van der Waals surface area contributed by atoms with Crippen LogP contribution < -0.4 is 0 Å². The summed E-state index contributed by atoms with van der Waals surface area (Å²) in [6.07, 6.45) is -3.39. The summed E-state index contributed by atoms with van der Waals surface area (Å²) in [5, 5.41) is 10.0. The second kappa shape index (κ2) is 6.32. The topological polar surface area (TPSA) is 29.5 Å². The van der Waals surface area contributed by atoms with Crippen molar-refractivity contribution in [2.75, 3.05) is 6.61 Å². The van der Waals surface area contributed by atoms with Crippen molar-refractivity contribution in [2.45, 2.75) is 44.6 Å². The van der Waals surface area contributed by atoms with Gasteiger partial charge in [0.2, 0.25) is 0 Å². The van der Waals surface area contributed by atoms with Crippen molar-refractivity contribution >= 4 is 0 Å². The molecular formula is C15H18F4O2. The van der Waals surface area contributed by atoms with Crippen LogP contribution in [0.1, 0.15) is 43.4 Å². The van der Waals surface area contributed by atoms with Crippen molar-refractivity contribution in [2.24, 2.45) is 5.92 Å². The Kier molecular flexibility index (Phi) is 4.88. The summed E-state index contributed by atoms with van der Waals surface area (Å²) < 4.78 is 56.2. The Morgan fingerprint density at radius 3 is 2.52 bits per heavy atom. The third-order valence-corrected chi connectivity index (χ3v) is 3.83. The monoisotopic (exact) mass is 306 g/mol. The Balaban J connectivity index is 1.95. The van der Waals surface area contributed by atoms with Gasteiger partial charge in [0.1, 0.15) is 5.82 Å². The SMILES string of the molecule is CCOC1CC(CC(O)c2ccc(C(F)(F)F)c(F)c2)C1. The Morgan fingerprint density at radius 1 is 1.33 bits per heavy atom. The Labute approximate surface area is 120 Å². The zero-order valence-electron chi connectivity index (χ0n) is 11.7. The molecule has 1 aliphatic carbocycles. The minimum atomic E-state index is -4.72. The van der Waals surface area contributed by atoms with E-state index in [9.17, 15) is 22.7 Å². The summed E-state index contributed by atoms with van der Waals surface area (Å²) in [5.74, 6) is -1.08. The summed E-state index contributed by atoms with van der Waals surface area (Å²) in [4.78, 5) is 0. The van der Waals surface area contributed by atoms with E-state index in [1.165, 1.54) is 0 Å². The van der Waals surface area contributed by atoms with Crippen molar-refractivity contribution in [1.82, 2.24) is 0 Å². The van der Waals surface area contributed by atoms with Crippen LogP contribution in [0.4, 0.5) is 17.6 Å². The van der Waals surface area contributed by atoms with Gasteiger partial charge in [0.15, 0.2) is 0 Å². The molecule has 2 rings (SSSR count). The van der Waals surface area contributed by atoms with E-state index in [0.29, 0.717) is 19.1 Å². The molecule has 0 heterocycles. The second-order valence-electron chi connectivity index (χ2n) is 5.40. The number of aliphatic hydroxyl groups is 1. The van der Waals surface area contributed by atoms with E-state index in [-0.39, 0.29) is 17.6 Å². The van der Waals surface area contributed by atoms with Gasteiger partial charge in [-0.25, -0.2) is 4.39 Å². The normalized spacial score (nSPS) is 23.7. The minimum absolute atomic E-state index is 0.181. The zero-order chi connectivity index (χ0) is 15.6. The van der Waals surface area contributed by atoms with Crippen molar-refractivity contribution < 1.29 is 27.4 Å². The number of halogens is 4. The molecule has 118 valence electrons. The Hall–Kier alpha value is -1.14. The van der Waals surface area contributed by atoms with Crippen LogP contribution in [-0.2, 0) is 10.9 Å². The van der Waals surface area contributed by atoms with Crippen molar-refractivity contribution in [1.29, 1.82) is 0 Å². The van der Waals surface area contributed by atoms with E-state index < -0.39 is 23.7 Å². The Bertz CT molecular complexity index is 481. The molecule has 0 bridgehead atoms. The lowest BCUT2D eigenvalue weighted by atomic mass is 9.78. The average Bonchev–Trinajstić information content (AvgIpc) is 2.34. The van der Waals surface area contributed by atoms with Crippen LogP contribution in [0.25, 0.3) is 0 Å². The van der Waals surface area contributed by atoms with Gasteiger partial charge in [-0.1, -0.05) is 6.07 Å². The molecule has 0 spiro atoms. The molecule has 1 N–H and O–H groups in total. The number of rotatable bonds is 5. The van der Waals surface area contributed by atoms with Crippen molar-refractivity contribution in [3.8, 4) is 0 Å². The van der Waals surface area contributed by atoms with E-state index in [4.69, 9.17) is 4.74 Å². The van der Waals surface area contributed by atoms with E-state index in [1.54, 1.807) is 0 Å². The smallest absolute Gasteiger partial charge is 0.388 e. The minimum Gasteiger partial charge on any atom is -0.388 e. The fourth-order valence-corrected chi connectivity index (χ4v) is 2.66. The number of alkyl halides is 3. The highest BCUT2D eigenvalue weighted by Gasteiger charge is 2.35. The number of hydrogen-bond acceptors (Lipinski definition) is 2. The molecule has 0 aromatic heterocycles. The van der Waals surface area contributed by atoms with Crippen LogP contribution in [0.5, 0.6) is 0 Å². The highest BCUT2D eigenvalue weighted by molar-refractivity contribution is 5.28. The third kappa shape index (κ3) is 3.95. The van der Waals surface area contributed by atoms with Crippen molar-refractivity contribution in [3.63, 3.8) is 0 Å². The van der Waals surface area contributed by atoms with Gasteiger partial charge in [0.05, 0.1) is 17.8 Å². The standard InChI is InChI=1S/C15H18F4O2/c1-2-21-11-5-9(6-11)7-14(20)10-3-4-12(13(16)8-10)15(17,18)19/h3-4,8-9,11,14,20H,2,5-7H2,1H3. The number of ether oxygens (including phenoxy) is 1. The first-order valence-corrected chi connectivity index (χ1v) is 6.97. The predicted octanol–water partition coefficient (Wildman–Crippen LogP) is 4.08. The molecule has 0 aliphatic heterocycles. The van der Waals surface area contributed by atoms with Gasteiger partial charge in [0, 0.05) is 6.61 Å². The van der Waals surface area contributed by atoms with Crippen LogP contribution in [0.3, 0.4) is 0 Å². The molecule has 0 amide bonds. The highest BCUT2D eigenvalue weighted by Crippen LogP contribution is 2.38. The first kappa shape index (κ1) is 16.2. The van der Waals surface area contributed by atoms with Gasteiger partial charge in [-0.05, 0) is 49.8 Å². The number of benzene rings is 1. The highest BCUT2D eigenvalue weighted by atomic mass is 19.4. The first-order valence-electron chi connectivity index (χ1n) is 6.97. The lowest BCUT2D eigenvalue weighted by Crippen LogP contribution is -2.32. The van der Waals surface area contributed by atoms with E-state index >= 15 is 0 Å². The van der Waals surface area contributed by atoms with Gasteiger partial charge >= 0.3 is 6.18 Å². The van der Waals surface area contributed by atoms with Gasteiger partial charge in [-0.3, -0.25) is 0 Å². The molecule has 6 heteroatoms. The molecule has 0 saturated heterocycles. The molecule has 21 heavy (non-hydrogen) atoms. The molecule has 0 radical (unpaired) electrons. The fourth-order valence-electron chi connectivity index (χ4n) is 2.66. The van der Waals surface area contributed by atoms with Crippen LogP contribution in [-0.4, -0.2) is 17.8 Å². The summed E-state index contributed by atoms with van der Waals surface area (Å²) in [6, 6.07) is 2.58. The quantitative estimate of drug-likeness (QED) is 0.831. The van der Waals surface area contributed by atoms with Gasteiger partial charge < -0.3 is 9.84 Å². The first-order chi connectivity index (χ1) is 9.81. The van der Waals surface area contributed by atoms with Gasteiger partial charge in [-0.2, -0.15) is 13.2 Å².